The molecule has 156 valence electrons. The second-order valence-electron chi connectivity index (χ2n) is 7.21. The van der Waals surface area contributed by atoms with Crippen LogP contribution in [0.3, 0.4) is 0 Å². The van der Waals surface area contributed by atoms with E-state index >= 15 is 0 Å². The summed E-state index contributed by atoms with van der Waals surface area (Å²) in [5.74, 6) is -0.250. The summed E-state index contributed by atoms with van der Waals surface area (Å²) in [7, 11) is 0. The quantitative estimate of drug-likeness (QED) is 0.435. The van der Waals surface area contributed by atoms with E-state index in [1.807, 2.05) is 50.2 Å². The molecule has 3 aromatic rings. The fraction of sp³-hybridized carbons (Fsp3) is 0.304. The predicted octanol–water partition coefficient (Wildman–Crippen LogP) is 3.30. The summed E-state index contributed by atoms with van der Waals surface area (Å²) in [6, 6.07) is 15.6. The minimum atomic E-state index is -0.569. The van der Waals surface area contributed by atoms with Crippen molar-refractivity contribution in [1.29, 1.82) is 0 Å². The lowest BCUT2D eigenvalue weighted by atomic mass is 10.1. The molecule has 30 heavy (non-hydrogen) atoms. The van der Waals surface area contributed by atoms with Crippen LogP contribution in [0.15, 0.2) is 60.9 Å². The number of esters is 1. The van der Waals surface area contributed by atoms with Crippen molar-refractivity contribution in [3.05, 3.63) is 77.7 Å². The summed E-state index contributed by atoms with van der Waals surface area (Å²) in [5, 5.41) is 7.08. The Balaban J connectivity index is 1.52. The highest BCUT2D eigenvalue weighted by Gasteiger charge is 2.23. The van der Waals surface area contributed by atoms with Gasteiger partial charge < -0.3 is 10.1 Å². The molecular weight excluding hydrogens is 380 g/mol. The lowest BCUT2D eigenvalue weighted by Crippen LogP contribution is -2.30. The van der Waals surface area contributed by atoms with Gasteiger partial charge in [-0.2, -0.15) is 5.10 Å². The standard InChI is InChI=1S/C23H26N4O3/c1-17(2)22-19(15-26-27(22)20-12-6-7-13-24-20)23(29)30-16-21(28)25-14-8-11-18-9-4-3-5-10-18/h3-7,9-10,12-13,15,17H,8,11,14,16H2,1-2H3,(H,25,28). The number of carbonyl (C=O) groups excluding carboxylic acids is 2. The average Bonchev–Trinajstić information content (AvgIpc) is 3.22. The first-order chi connectivity index (χ1) is 14.6. The smallest absolute Gasteiger partial charge is 0.342 e. The molecule has 3 rings (SSSR count). The number of benzene rings is 1. The number of pyridine rings is 1. The largest absolute Gasteiger partial charge is 0.452 e. The van der Waals surface area contributed by atoms with Crippen molar-refractivity contribution in [2.75, 3.05) is 13.2 Å². The zero-order valence-electron chi connectivity index (χ0n) is 17.2. The molecule has 0 saturated heterocycles. The SMILES string of the molecule is CC(C)c1c(C(=O)OCC(=O)NCCCc2ccccc2)cnn1-c1ccccn1. The molecule has 2 heterocycles. The molecule has 0 aliphatic heterocycles. The molecule has 0 aliphatic carbocycles. The van der Waals surface area contributed by atoms with Gasteiger partial charge in [-0.3, -0.25) is 4.79 Å². The van der Waals surface area contributed by atoms with E-state index in [0.717, 1.165) is 12.8 Å². The topological polar surface area (TPSA) is 86.1 Å². The molecule has 0 aliphatic rings. The molecule has 7 heteroatoms. The molecule has 1 amide bonds. The minimum absolute atomic E-state index is 0.0175. The van der Waals surface area contributed by atoms with Gasteiger partial charge in [0.05, 0.1) is 11.9 Å². The third-order valence-corrected chi connectivity index (χ3v) is 4.58. The molecule has 7 nitrogen and oxygen atoms in total. The van der Waals surface area contributed by atoms with Crippen LogP contribution in [0, 0.1) is 0 Å². The van der Waals surface area contributed by atoms with Gasteiger partial charge in [-0.25, -0.2) is 14.5 Å². The van der Waals surface area contributed by atoms with Gasteiger partial charge in [0.25, 0.3) is 5.91 Å². The molecular formula is C23H26N4O3. The molecule has 0 spiro atoms. The Labute approximate surface area is 176 Å². The maximum absolute atomic E-state index is 12.6. The number of hydrogen-bond acceptors (Lipinski definition) is 5. The Morgan fingerprint density at radius 2 is 1.87 bits per heavy atom. The third-order valence-electron chi connectivity index (χ3n) is 4.58. The molecule has 0 saturated carbocycles. The first-order valence-electron chi connectivity index (χ1n) is 10.0. The first kappa shape index (κ1) is 21.2. The summed E-state index contributed by atoms with van der Waals surface area (Å²) in [4.78, 5) is 28.9. The molecule has 0 bridgehead atoms. The van der Waals surface area contributed by atoms with Crippen molar-refractivity contribution in [3.8, 4) is 5.82 Å². The Morgan fingerprint density at radius 1 is 1.10 bits per heavy atom. The molecule has 0 fully saturated rings. The van der Waals surface area contributed by atoms with E-state index in [9.17, 15) is 9.59 Å². The lowest BCUT2D eigenvalue weighted by molar-refractivity contribution is -0.124. The highest BCUT2D eigenvalue weighted by Crippen LogP contribution is 2.22. The Bertz CT molecular complexity index is 969. The van der Waals surface area contributed by atoms with E-state index < -0.39 is 5.97 Å². The zero-order chi connectivity index (χ0) is 21.3. The molecule has 2 aromatic heterocycles. The number of carbonyl (C=O) groups is 2. The van der Waals surface area contributed by atoms with Crippen molar-refractivity contribution in [1.82, 2.24) is 20.1 Å². The van der Waals surface area contributed by atoms with Gasteiger partial charge >= 0.3 is 5.97 Å². The molecule has 1 N–H and O–H groups in total. The van der Waals surface area contributed by atoms with Gasteiger partial charge in [0.2, 0.25) is 0 Å². The second kappa shape index (κ2) is 10.3. The summed E-state index contributed by atoms with van der Waals surface area (Å²) in [5.41, 5.74) is 2.26. The minimum Gasteiger partial charge on any atom is -0.452 e. The van der Waals surface area contributed by atoms with E-state index in [2.05, 4.69) is 27.5 Å². The van der Waals surface area contributed by atoms with E-state index in [4.69, 9.17) is 4.74 Å². The monoisotopic (exact) mass is 406 g/mol. The molecule has 0 radical (unpaired) electrons. The third kappa shape index (κ3) is 5.53. The molecule has 0 unspecified atom stereocenters. The summed E-state index contributed by atoms with van der Waals surface area (Å²) >= 11 is 0. The van der Waals surface area contributed by atoms with Crippen molar-refractivity contribution < 1.29 is 14.3 Å². The van der Waals surface area contributed by atoms with E-state index in [1.54, 1.807) is 10.9 Å². The van der Waals surface area contributed by atoms with E-state index in [0.29, 0.717) is 23.6 Å². The first-order valence-corrected chi connectivity index (χ1v) is 10.0. The average molecular weight is 406 g/mol. The van der Waals surface area contributed by atoms with Crippen LogP contribution in [-0.2, 0) is 16.0 Å². The Hall–Kier alpha value is -3.48. The van der Waals surface area contributed by atoms with Crippen LogP contribution in [0.5, 0.6) is 0 Å². The van der Waals surface area contributed by atoms with Crippen LogP contribution in [0.2, 0.25) is 0 Å². The summed E-state index contributed by atoms with van der Waals surface area (Å²) in [6.45, 7) is 4.13. The van der Waals surface area contributed by atoms with Gasteiger partial charge in [0.15, 0.2) is 12.4 Å². The number of hydrogen-bond donors (Lipinski definition) is 1. The van der Waals surface area contributed by atoms with Crippen LogP contribution >= 0.6 is 0 Å². The lowest BCUT2D eigenvalue weighted by Gasteiger charge is -2.12. The van der Waals surface area contributed by atoms with Gasteiger partial charge in [-0.15, -0.1) is 0 Å². The van der Waals surface area contributed by atoms with Crippen LogP contribution < -0.4 is 5.32 Å². The van der Waals surface area contributed by atoms with Crippen LogP contribution in [0.25, 0.3) is 5.82 Å². The van der Waals surface area contributed by atoms with Crippen molar-refractivity contribution >= 4 is 11.9 Å². The van der Waals surface area contributed by atoms with Crippen molar-refractivity contribution in [2.24, 2.45) is 0 Å². The number of amides is 1. The number of rotatable bonds is 9. The number of ether oxygens (including phenoxy) is 1. The number of nitrogens with one attached hydrogen (secondary N) is 1. The Morgan fingerprint density at radius 3 is 2.57 bits per heavy atom. The molecule has 0 atom stereocenters. The van der Waals surface area contributed by atoms with E-state index in [1.165, 1.54) is 11.8 Å². The van der Waals surface area contributed by atoms with Gasteiger partial charge in [0, 0.05) is 12.7 Å². The molecule has 1 aromatic carbocycles. The fourth-order valence-corrected chi connectivity index (χ4v) is 3.16. The normalized spacial score (nSPS) is 10.8. The van der Waals surface area contributed by atoms with Crippen LogP contribution in [0.1, 0.15) is 47.8 Å². The van der Waals surface area contributed by atoms with Gasteiger partial charge in [-0.1, -0.05) is 50.2 Å². The predicted molar refractivity (Wildman–Crippen MR) is 114 cm³/mol. The maximum Gasteiger partial charge on any atom is 0.342 e. The zero-order valence-corrected chi connectivity index (χ0v) is 17.2. The fourth-order valence-electron chi connectivity index (χ4n) is 3.16. The maximum atomic E-state index is 12.6. The number of aryl methyl sites for hydroxylation is 1. The highest BCUT2D eigenvalue weighted by atomic mass is 16.5. The van der Waals surface area contributed by atoms with Crippen LogP contribution in [0.4, 0.5) is 0 Å². The summed E-state index contributed by atoms with van der Waals surface area (Å²) < 4.78 is 6.85. The van der Waals surface area contributed by atoms with Gasteiger partial charge in [-0.05, 0) is 36.5 Å². The Kier molecular flexibility index (Phi) is 7.32. The van der Waals surface area contributed by atoms with Crippen LogP contribution in [-0.4, -0.2) is 39.8 Å². The summed E-state index contributed by atoms with van der Waals surface area (Å²) in [6.07, 6.45) is 4.83. The number of aromatic nitrogens is 3. The number of nitrogens with zero attached hydrogens (tertiary/aromatic N) is 3. The van der Waals surface area contributed by atoms with E-state index in [-0.39, 0.29) is 18.4 Å². The highest BCUT2D eigenvalue weighted by molar-refractivity contribution is 5.92. The van der Waals surface area contributed by atoms with Crippen molar-refractivity contribution in [2.45, 2.75) is 32.6 Å². The van der Waals surface area contributed by atoms with Crippen molar-refractivity contribution in [3.63, 3.8) is 0 Å². The second-order valence-corrected chi connectivity index (χ2v) is 7.21. The van der Waals surface area contributed by atoms with Gasteiger partial charge in [0.1, 0.15) is 5.56 Å².